The molecule has 0 aliphatic carbocycles. The molecule has 0 heterocycles. The van der Waals surface area contributed by atoms with Gasteiger partial charge in [0, 0.05) is 0 Å². The van der Waals surface area contributed by atoms with Crippen LogP contribution in [-0.4, -0.2) is 17.8 Å². The van der Waals surface area contributed by atoms with Crippen molar-refractivity contribution >= 4 is 0 Å². The molecule has 2 nitrogen and oxygen atoms in total. The van der Waals surface area contributed by atoms with Crippen LogP contribution in [0.25, 0.3) is 0 Å². The Morgan fingerprint density at radius 2 is 2.20 bits per heavy atom. The molecule has 0 spiro atoms. The average molecular weight is 76.1 g/mol. The van der Waals surface area contributed by atoms with Gasteiger partial charge in [0.05, 0.1) is 6.10 Å². The van der Waals surface area contributed by atoms with Crippen LogP contribution in [0.1, 0.15) is 6.92 Å². The zero-order valence-electron chi connectivity index (χ0n) is 3.44. The molecular formula is C3H10NO+. The van der Waals surface area contributed by atoms with Crippen LogP contribution < -0.4 is 5.73 Å². The minimum absolute atomic E-state index is 0.227. The van der Waals surface area contributed by atoms with E-state index in [2.05, 4.69) is 5.73 Å². The Hall–Kier alpha value is -0.0800. The van der Waals surface area contributed by atoms with Crippen molar-refractivity contribution in [3.63, 3.8) is 0 Å². The van der Waals surface area contributed by atoms with Crippen LogP contribution in [0, 0.1) is 0 Å². The number of aliphatic hydroxyl groups is 1. The number of quaternary nitrogens is 1. The number of hydrogen-bond acceptors (Lipinski definition) is 1. The first kappa shape index (κ1) is 4.92. The van der Waals surface area contributed by atoms with Gasteiger partial charge in [-0.15, -0.1) is 0 Å². The monoisotopic (exact) mass is 76.1 g/mol. The summed E-state index contributed by atoms with van der Waals surface area (Å²) >= 11 is 0. The first-order chi connectivity index (χ1) is 2.27. The maximum absolute atomic E-state index is 8.30. The van der Waals surface area contributed by atoms with E-state index in [9.17, 15) is 0 Å². The van der Waals surface area contributed by atoms with Gasteiger partial charge < -0.3 is 10.8 Å². The highest BCUT2D eigenvalue weighted by Crippen LogP contribution is 1.63. The van der Waals surface area contributed by atoms with Gasteiger partial charge in [0.2, 0.25) is 0 Å². The summed E-state index contributed by atoms with van der Waals surface area (Å²) in [6, 6.07) is 0. The zero-order valence-corrected chi connectivity index (χ0v) is 3.44. The summed E-state index contributed by atoms with van der Waals surface area (Å²) in [5.74, 6) is 0. The van der Waals surface area contributed by atoms with Crippen LogP contribution in [0.5, 0.6) is 0 Å². The fourth-order valence-electron chi connectivity index (χ4n) is 0. The summed E-state index contributed by atoms with van der Waals surface area (Å²) in [6.45, 7) is 2.33. The van der Waals surface area contributed by atoms with E-state index in [4.69, 9.17) is 5.11 Å². The van der Waals surface area contributed by atoms with Crippen molar-refractivity contribution in [2.24, 2.45) is 0 Å². The molecule has 0 rings (SSSR count). The van der Waals surface area contributed by atoms with Crippen LogP contribution in [0.2, 0.25) is 0 Å². The van der Waals surface area contributed by atoms with Crippen LogP contribution in [-0.2, 0) is 0 Å². The van der Waals surface area contributed by atoms with Gasteiger partial charge in [0.1, 0.15) is 6.54 Å². The van der Waals surface area contributed by atoms with Gasteiger partial charge in [-0.1, -0.05) is 0 Å². The molecule has 0 fully saturated rings. The number of hydrogen-bond donors (Lipinski definition) is 2. The lowest BCUT2D eigenvalue weighted by Crippen LogP contribution is -2.54. The molecule has 2 heteroatoms. The van der Waals surface area contributed by atoms with E-state index in [0.717, 1.165) is 0 Å². The van der Waals surface area contributed by atoms with Crippen LogP contribution in [0.15, 0.2) is 0 Å². The Balaban J connectivity index is 2.54. The maximum Gasteiger partial charge on any atom is 0.100 e. The normalized spacial score (nSPS) is 15.0. The number of aliphatic hydroxyl groups excluding tert-OH is 1. The van der Waals surface area contributed by atoms with Crippen molar-refractivity contribution in [3.8, 4) is 0 Å². The summed E-state index contributed by atoms with van der Waals surface area (Å²) in [5.41, 5.74) is 3.44. The third kappa shape index (κ3) is 3.92. The molecule has 4 N–H and O–H groups in total. The first-order valence-corrected chi connectivity index (χ1v) is 1.74. The average Bonchev–Trinajstić information content (AvgIpc) is 1.38. The van der Waals surface area contributed by atoms with Gasteiger partial charge >= 0.3 is 0 Å². The van der Waals surface area contributed by atoms with Crippen molar-refractivity contribution in [2.45, 2.75) is 13.0 Å². The molecule has 1 atom stereocenters. The Bertz CT molecular complexity index is 20.9. The largest absolute Gasteiger partial charge is 0.388 e. The minimum Gasteiger partial charge on any atom is -0.388 e. The molecule has 32 valence electrons. The van der Waals surface area contributed by atoms with E-state index in [1.54, 1.807) is 6.92 Å². The first-order valence-electron chi connectivity index (χ1n) is 1.74. The van der Waals surface area contributed by atoms with Crippen molar-refractivity contribution < 1.29 is 10.8 Å². The van der Waals surface area contributed by atoms with Crippen molar-refractivity contribution in [1.82, 2.24) is 0 Å². The third-order valence-electron chi connectivity index (χ3n) is 0.418. The smallest absolute Gasteiger partial charge is 0.100 e. The van der Waals surface area contributed by atoms with E-state index >= 15 is 0 Å². The Morgan fingerprint density at radius 1 is 2.00 bits per heavy atom. The van der Waals surface area contributed by atoms with E-state index < -0.39 is 0 Å². The molecule has 0 aromatic heterocycles. The Kier molecular flexibility index (Phi) is 2.14. The molecule has 0 unspecified atom stereocenters. The zero-order chi connectivity index (χ0) is 4.28. The summed E-state index contributed by atoms with van der Waals surface area (Å²) in [7, 11) is 0. The maximum atomic E-state index is 8.30. The second-order valence-corrected chi connectivity index (χ2v) is 1.14. The third-order valence-corrected chi connectivity index (χ3v) is 0.418. The predicted octanol–water partition coefficient (Wildman–Crippen LogP) is -1.39. The summed E-state index contributed by atoms with van der Waals surface area (Å²) < 4.78 is 0. The van der Waals surface area contributed by atoms with E-state index in [0.29, 0.717) is 6.54 Å². The van der Waals surface area contributed by atoms with Crippen LogP contribution in [0.3, 0.4) is 0 Å². The van der Waals surface area contributed by atoms with Gasteiger partial charge in [-0.2, -0.15) is 0 Å². The molecule has 0 saturated carbocycles. The quantitative estimate of drug-likeness (QED) is 0.397. The fourth-order valence-corrected chi connectivity index (χ4v) is 0. The Labute approximate surface area is 31.6 Å². The lowest BCUT2D eigenvalue weighted by atomic mass is 10.4. The molecular weight excluding hydrogens is 66.0 g/mol. The molecule has 0 saturated heterocycles. The van der Waals surface area contributed by atoms with Crippen LogP contribution >= 0.6 is 0 Å². The minimum atomic E-state index is -0.227. The molecule has 0 amide bonds. The molecule has 0 aromatic carbocycles. The van der Waals surface area contributed by atoms with Crippen LogP contribution in [0.4, 0.5) is 0 Å². The summed E-state index contributed by atoms with van der Waals surface area (Å²) in [4.78, 5) is 0. The highest BCUT2D eigenvalue weighted by atomic mass is 16.3. The van der Waals surface area contributed by atoms with Gasteiger partial charge in [-0.25, -0.2) is 0 Å². The second-order valence-electron chi connectivity index (χ2n) is 1.14. The molecule has 5 heavy (non-hydrogen) atoms. The predicted molar refractivity (Wildman–Crippen MR) is 19.4 cm³/mol. The molecule has 0 bridgehead atoms. The molecule has 0 radical (unpaired) electrons. The topological polar surface area (TPSA) is 47.9 Å². The highest BCUT2D eigenvalue weighted by Gasteiger charge is 1.85. The molecule has 0 aliphatic heterocycles. The number of rotatable bonds is 1. The van der Waals surface area contributed by atoms with Gasteiger partial charge in [-0.3, -0.25) is 0 Å². The molecule has 0 aromatic rings. The van der Waals surface area contributed by atoms with Crippen molar-refractivity contribution in [1.29, 1.82) is 0 Å². The van der Waals surface area contributed by atoms with E-state index in [1.807, 2.05) is 0 Å². The van der Waals surface area contributed by atoms with E-state index in [-0.39, 0.29) is 6.10 Å². The van der Waals surface area contributed by atoms with E-state index in [1.165, 1.54) is 0 Å². The summed E-state index contributed by atoms with van der Waals surface area (Å²) in [6.07, 6.45) is -0.227. The van der Waals surface area contributed by atoms with Gasteiger partial charge in [-0.05, 0) is 6.92 Å². The fraction of sp³-hybridized carbons (Fsp3) is 1.00. The van der Waals surface area contributed by atoms with Gasteiger partial charge in [0.25, 0.3) is 0 Å². The standard InChI is InChI=1S/C3H9NO/c1-3(5)2-4/h3,5H,2,4H2,1H3/p+1/t3-/m0/s1. The van der Waals surface area contributed by atoms with Crippen molar-refractivity contribution in [3.05, 3.63) is 0 Å². The second kappa shape index (κ2) is 2.18. The summed E-state index contributed by atoms with van der Waals surface area (Å²) in [5, 5.41) is 8.30. The highest BCUT2D eigenvalue weighted by molar-refractivity contribution is 4.32. The van der Waals surface area contributed by atoms with Gasteiger partial charge in [0.15, 0.2) is 0 Å². The lowest BCUT2D eigenvalue weighted by molar-refractivity contribution is -0.382. The Morgan fingerprint density at radius 3 is 2.20 bits per heavy atom. The van der Waals surface area contributed by atoms with Crippen molar-refractivity contribution in [2.75, 3.05) is 6.54 Å². The molecule has 0 aliphatic rings. The SMILES string of the molecule is C[C@H](O)C[NH3+]. The lowest BCUT2D eigenvalue weighted by Gasteiger charge is -1.87.